The average Bonchev–Trinajstić information content (AvgIpc) is 2.45. The van der Waals surface area contributed by atoms with E-state index < -0.39 is 0 Å². The summed E-state index contributed by atoms with van der Waals surface area (Å²) < 4.78 is 10.9. The maximum absolute atomic E-state index is 7.50. The van der Waals surface area contributed by atoms with Crippen molar-refractivity contribution in [1.82, 2.24) is 0 Å². The minimum atomic E-state index is 0.00115. The summed E-state index contributed by atoms with van der Waals surface area (Å²) in [5.41, 5.74) is 7.11. The van der Waals surface area contributed by atoms with Crippen molar-refractivity contribution in [2.24, 2.45) is 5.73 Å². The van der Waals surface area contributed by atoms with Crippen LogP contribution in [0, 0.1) is 5.41 Å². The molecule has 0 aliphatic heterocycles. The highest BCUT2D eigenvalue weighted by Gasteiger charge is 2.05. The fourth-order valence-corrected chi connectivity index (χ4v) is 1.74. The predicted molar refractivity (Wildman–Crippen MR) is 74.8 cm³/mol. The monoisotopic (exact) mass is 256 g/mol. The second-order valence-electron chi connectivity index (χ2n) is 4.05. The van der Waals surface area contributed by atoms with Gasteiger partial charge in [0.05, 0.1) is 12.7 Å². The van der Waals surface area contributed by atoms with Gasteiger partial charge in [0, 0.05) is 0 Å². The fraction of sp³-hybridized carbons (Fsp3) is 0.133. The first-order valence-corrected chi connectivity index (χ1v) is 5.90. The second kappa shape index (κ2) is 5.91. The van der Waals surface area contributed by atoms with Crippen LogP contribution in [0.15, 0.2) is 48.5 Å². The number of nitrogens with two attached hydrogens (primary N) is 1. The molecule has 4 heteroatoms. The molecular formula is C15H16N2O2. The molecule has 0 aliphatic carbocycles. The van der Waals surface area contributed by atoms with Gasteiger partial charge in [-0.05, 0) is 29.8 Å². The zero-order chi connectivity index (χ0) is 13.7. The lowest BCUT2D eigenvalue weighted by atomic mass is 10.2. The summed E-state index contributed by atoms with van der Waals surface area (Å²) in [4.78, 5) is 0. The van der Waals surface area contributed by atoms with Crippen molar-refractivity contribution in [3.8, 4) is 11.5 Å². The Bertz CT molecular complexity index is 582. The molecule has 3 N–H and O–H groups in total. The molecule has 0 aromatic heterocycles. The molecule has 0 saturated carbocycles. The van der Waals surface area contributed by atoms with E-state index in [2.05, 4.69) is 0 Å². The van der Waals surface area contributed by atoms with E-state index >= 15 is 0 Å². The van der Waals surface area contributed by atoms with Crippen LogP contribution in [0.4, 0.5) is 0 Å². The van der Waals surface area contributed by atoms with Crippen LogP contribution in [-0.2, 0) is 6.61 Å². The van der Waals surface area contributed by atoms with Gasteiger partial charge < -0.3 is 15.2 Å². The van der Waals surface area contributed by atoms with Gasteiger partial charge in [-0.15, -0.1) is 0 Å². The van der Waals surface area contributed by atoms with E-state index in [0.29, 0.717) is 17.9 Å². The van der Waals surface area contributed by atoms with Crippen molar-refractivity contribution in [2.45, 2.75) is 6.61 Å². The third-order valence-corrected chi connectivity index (χ3v) is 2.71. The van der Waals surface area contributed by atoms with E-state index in [1.807, 2.05) is 36.4 Å². The smallest absolute Gasteiger partial charge is 0.130 e. The Morgan fingerprint density at radius 3 is 2.68 bits per heavy atom. The number of nitrogen functional groups attached to an aromatic ring is 1. The Morgan fingerprint density at radius 2 is 1.95 bits per heavy atom. The topological polar surface area (TPSA) is 68.3 Å². The third-order valence-electron chi connectivity index (χ3n) is 2.71. The molecule has 0 unspecified atom stereocenters. The largest absolute Gasteiger partial charge is 0.497 e. The molecule has 0 heterocycles. The van der Waals surface area contributed by atoms with Gasteiger partial charge in [-0.25, -0.2) is 0 Å². The van der Waals surface area contributed by atoms with Gasteiger partial charge in [-0.1, -0.05) is 24.3 Å². The Hall–Kier alpha value is -2.49. The fourth-order valence-electron chi connectivity index (χ4n) is 1.74. The molecular weight excluding hydrogens is 240 g/mol. The normalized spacial score (nSPS) is 9.95. The van der Waals surface area contributed by atoms with Crippen molar-refractivity contribution in [3.05, 3.63) is 59.7 Å². The number of hydrogen-bond donors (Lipinski definition) is 2. The lowest BCUT2D eigenvalue weighted by Crippen LogP contribution is -2.13. The zero-order valence-electron chi connectivity index (χ0n) is 10.7. The number of amidine groups is 1. The van der Waals surface area contributed by atoms with Crippen molar-refractivity contribution in [2.75, 3.05) is 7.11 Å². The number of ether oxygens (including phenoxy) is 2. The first kappa shape index (κ1) is 13.0. The molecule has 0 bridgehead atoms. The van der Waals surface area contributed by atoms with E-state index in [-0.39, 0.29) is 5.84 Å². The van der Waals surface area contributed by atoms with E-state index in [1.54, 1.807) is 19.2 Å². The predicted octanol–water partition coefficient (Wildman–Crippen LogP) is 2.56. The van der Waals surface area contributed by atoms with Crippen LogP contribution in [0.25, 0.3) is 0 Å². The SMILES string of the molecule is COc1cccc(COc2ccccc2C(=N)N)c1. The Kier molecular flexibility index (Phi) is 4.03. The number of nitrogens with one attached hydrogen (secondary N) is 1. The van der Waals surface area contributed by atoms with Crippen LogP contribution in [0.5, 0.6) is 11.5 Å². The zero-order valence-corrected chi connectivity index (χ0v) is 10.7. The molecule has 0 radical (unpaired) electrons. The molecule has 0 aliphatic rings. The van der Waals surface area contributed by atoms with E-state index in [9.17, 15) is 0 Å². The second-order valence-corrected chi connectivity index (χ2v) is 4.05. The van der Waals surface area contributed by atoms with Crippen LogP contribution in [0.1, 0.15) is 11.1 Å². The van der Waals surface area contributed by atoms with Gasteiger partial charge in [0.1, 0.15) is 23.9 Å². The van der Waals surface area contributed by atoms with Gasteiger partial charge in [0.2, 0.25) is 0 Å². The summed E-state index contributed by atoms with van der Waals surface area (Å²) in [6.45, 7) is 0.404. The molecule has 19 heavy (non-hydrogen) atoms. The summed E-state index contributed by atoms with van der Waals surface area (Å²) in [7, 11) is 1.63. The minimum Gasteiger partial charge on any atom is -0.497 e. The van der Waals surface area contributed by atoms with Crippen molar-refractivity contribution < 1.29 is 9.47 Å². The molecule has 0 amide bonds. The van der Waals surface area contributed by atoms with Crippen molar-refractivity contribution >= 4 is 5.84 Å². The lowest BCUT2D eigenvalue weighted by molar-refractivity contribution is 0.304. The molecule has 0 atom stereocenters. The molecule has 2 rings (SSSR count). The highest BCUT2D eigenvalue weighted by atomic mass is 16.5. The molecule has 0 saturated heterocycles. The van der Waals surface area contributed by atoms with Crippen LogP contribution in [0.2, 0.25) is 0 Å². The number of benzene rings is 2. The van der Waals surface area contributed by atoms with Gasteiger partial charge in [0.15, 0.2) is 0 Å². The van der Waals surface area contributed by atoms with Crippen molar-refractivity contribution in [3.63, 3.8) is 0 Å². The van der Waals surface area contributed by atoms with Crippen LogP contribution >= 0.6 is 0 Å². The number of methoxy groups -OCH3 is 1. The Morgan fingerprint density at radius 1 is 1.16 bits per heavy atom. The van der Waals surface area contributed by atoms with Gasteiger partial charge in [-0.3, -0.25) is 5.41 Å². The maximum atomic E-state index is 7.50. The van der Waals surface area contributed by atoms with Gasteiger partial charge in [0.25, 0.3) is 0 Å². The maximum Gasteiger partial charge on any atom is 0.130 e. The number of rotatable bonds is 5. The Labute approximate surface area is 112 Å². The molecule has 4 nitrogen and oxygen atoms in total. The molecule has 98 valence electrons. The molecule has 0 fully saturated rings. The molecule has 0 spiro atoms. The van der Waals surface area contributed by atoms with Crippen LogP contribution in [0.3, 0.4) is 0 Å². The lowest BCUT2D eigenvalue weighted by Gasteiger charge is -2.11. The van der Waals surface area contributed by atoms with Crippen LogP contribution in [-0.4, -0.2) is 12.9 Å². The van der Waals surface area contributed by atoms with E-state index in [1.165, 1.54) is 0 Å². The van der Waals surface area contributed by atoms with E-state index in [4.69, 9.17) is 20.6 Å². The summed E-state index contributed by atoms with van der Waals surface area (Å²) in [6, 6.07) is 14.9. The summed E-state index contributed by atoms with van der Waals surface area (Å²) in [5.74, 6) is 1.40. The highest BCUT2D eigenvalue weighted by molar-refractivity contribution is 5.97. The summed E-state index contributed by atoms with van der Waals surface area (Å²) >= 11 is 0. The first-order valence-electron chi connectivity index (χ1n) is 5.90. The first-order chi connectivity index (χ1) is 9.20. The average molecular weight is 256 g/mol. The summed E-state index contributed by atoms with van der Waals surface area (Å²) in [6.07, 6.45) is 0. The standard InChI is InChI=1S/C15H16N2O2/c1-18-12-6-4-5-11(9-12)10-19-14-8-3-2-7-13(14)15(16)17/h2-9H,10H2,1H3,(H3,16,17). The highest BCUT2D eigenvalue weighted by Crippen LogP contribution is 2.20. The quantitative estimate of drug-likeness (QED) is 0.638. The minimum absolute atomic E-state index is 0.00115. The van der Waals surface area contributed by atoms with Gasteiger partial charge >= 0.3 is 0 Å². The van der Waals surface area contributed by atoms with Crippen molar-refractivity contribution in [1.29, 1.82) is 5.41 Å². The van der Waals surface area contributed by atoms with E-state index in [0.717, 1.165) is 11.3 Å². The van der Waals surface area contributed by atoms with Crippen LogP contribution < -0.4 is 15.2 Å². The van der Waals surface area contributed by atoms with Gasteiger partial charge in [-0.2, -0.15) is 0 Å². The molecule has 2 aromatic carbocycles. The number of para-hydroxylation sites is 1. The third kappa shape index (κ3) is 3.25. The number of hydrogen-bond acceptors (Lipinski definition) is 3. The Balaban J connectivity index is 2.12. The summed E-state index contributed by atoms with van der Waals surface area (Å²) in [5, 5.41) is 7.50. The molecule has 2 aromatic rings.